The normalized spacial score (nSPS) is 13.2. The van der Waals surface area contributed by atoms with Crippen molar-refractivity contribution in [2.75, 3.05) is 6.16 Å². The van der Waals surface area contributed by atoms with Gasteiger partial charge in [-0.3, -0.25) is 0 Å². The van der Waals surface area contributed by atoms with Gasteiger partial charge in [-0.05, 0) is 30.3 Å². The Labute approximate surface area is 91.9 Å². The van der Waals surface area contributed by atoms with Gasteiger partial charge in [0.2, 0.25) is 0 Å². The summed E-state index contributed by atoms with van der Waals surface area (Å²) in [4.78, 5) is 0. The van der Waals surface area contributed by atoms with Crippen LogP contribution in [0.15, 0.2) is 11.6 Å². The zero-order valence-electron chi connectivity index (χ0n) is 11.2. The maximum absolute atomic E-state index is 2.40. The lowest BCUT2D eigenvalue weighted by atomic mass is 10.2. The maximum atomic E-state index is 2.40. The topological polar surface area (TPSA) is 0 Å². The van der Waals surface area contributed by atoms with Gasteiger partial charge < -0.3 is 0 Å². The van der Waals surface area contributed by atoms with Gasteiger partial charge >= 0.3 is 0 Å². The number of allylic oxidation sites excluding steroid dienone is 2. The zero-order valence-corrected chi connectivity index (χ0v) is 12.1. The number of hydrogen-bond donors (Lipinski definition) is 0. The molecule has 0 aliphatic heterocycles. The molecule has 0 radical (unpaired) electrons. The summed E-state index contributed by atoms with van der Waals surface area (Å²) in [5, 5.41) is 0.916. The lowest BCUT2D eigenvalue weighted by Gasteiger charge is -2.41. The highest BCUT2D eigenvalue weighted by Crippen LogP contribution is 2.59. The third kappa shape index (κ3) is 5.15. The van der Waals surface area contributed by atoms with E-state index in [-0.39, 0.29) is 7.92 Å². The molecule has 0 unspecified atom stereocenters. The highest BCUT2D eigenvalue weighted by molar-refractivity contribution is 7.61. The van der Waals surface area contributed by atoms with Crippen molar-refractivity contribution in [3.05, 3.63) is 11.6 Å². The van der Waals surface area contributed by atoms with Gasteiger partial charge in [0.05, 0.1) is 0 Å². The Morgan fingerprint density at radius 1 is 0.929 bits per heavy atom. The van der Waals surface area contributed by atoms with Gasteiger partial charge in [0.25, 0.3) is 0 Å². The van der Waals surface area contributed by atoms with Crippen molar-refractivity contribution in [3.63, 3.8) is 0 Å². The fourth-order valence-corrected chi connectivity index (χ4v) is 5.48. The first-order chi connectivity index (χ1) is 6.05. The van der Waals surface area contributed by atoms with E-state index in [0.29, 0.717) is 10.3 Å². The molecule has 0 aromatic carbocycles. The fourth-order valence-electron chi connectivity index (χ4n) is 1.83. The summed E-state index contributed by atoms with van der Waals surface area (Å²) in [7, 11) is 0.0484. The Morgan fingerprint density at radius 3 is 1.50 bits per heavy atom. The van der Waals surface area contributed by atoms with Gasteiger partial charge in [0.1, 0.15) is 0 Å². The monoisotopic (exact) mass is 214 g/mol. The molecule has 0 amide bonds. The molecule has 0 saturated heterocycles. The van der Waals surface area contributed by atoms with E-state index in [9.17, 15) is 0 Å². The fraction of sp³-hybridized carbons (Fsp3) is 0.846. The molecule has 14 heavy (non-hydrogen) atoms. The minimum atomic E-state index is 0.0484. The Hall–Kier alpha value is 0.170. The molecule has 0 rings (SSSR count). The summed E-state index contributed by atoms with van der Waals surface area (Å²) in [5.41, 5.74) is 1.45. The van der Waals surface area contributed by atoms with E-state index in [4.69, 9.17) is 0 Å². The quantitative estimate of drug-likeness (QED) is 0.446. The smallest absolute Gasteiger partial charge is 0.0133 e. The van der Waals surface area contributed by atoms with Crippen LogP contribution in [0.1, 0.15) is 55.4 Å². The molecule has 0 aromatic rings. The van der Waals surface area contributed by atoms with Gasteiger partial charge in [-0.1, -0.05) is 61.1 Å². The summed E-state index contributed by atoms with van der Waals surface area (Å²) in [6, 6.07) is 0. The summed E-state index contributed by atoms with van der Waals surface area (Å²) in [5.74, 6) is 0. The van der Waals surface area contributed by atoms with E-state index in [2.05, 4.69) is 61.5 Å². The molecule has 1 heteroatoms. The van der Waals surface area contributed by atoms with Crippen LogP contribution in [0.3, 0.4) is 0 Å². The highest BCUT2D eigenvalue weighted by atomic mass is 31.1. The first kappa shape index (κ1) is 14.2. The minimum absolute atomic E-state index is 0.0484. The standard InChI is InChI=1S/C13H27P/c1-11(2)9-10-14(12(3,4)5)13(6,7)8/h9H,10H2,1-8H3. The van der Waals surface area contributed by atoms with Crippen molar-refractivity contribution in [1.82, 2.24) is 0 Å². The molecule has 0 spiro atoms. The molecular weight excluding hydrogens is 187 g/mol. The van der Waals surface area contributed by atoms with Crippen LogP contribution in [0, 0.1) is 0 Å². The van der Waals surface area contributed by atoms with Crippen LogP contribution in [0.2, 0.25) is 0 Å². The van der Waals surface area contributed by atoms with Crippen molar-refractivity contribution in [1.29, 1.82) is 0 Å². The van der Waals surface area contributed by atoms with Gasteiger partial charge in [-0.2, -0.15) is 0 Å². The van der Waals surface area contributed by atoms with E-state index >= 15 is 0 Å². The van der Waals surface area contributed by atoms with Crippen LogP contribution < -0.4 is 0 Å². The second-order valence-electron chi connectivity index (χ2n) is 6.23. The lowest BCUT2D eigenvalue weighted by Crippen LogP contribution is -2.26. The predicted molar refractivity (Wildman–Crippen MR) is 70.7 cm³/mol. The van der Waals surface area contributed by atoms with E-state index < -0.39 is 0 Å². The van der Waals surface area contributed by atoms with Crippen molar-refractivity contribution in [2.45, 2.75) is 65.7 Å². The molecule has 0 nitrogen and oxygen atoms in total. The second-order valence-corrected chi connectivity index (χ2v) is 10.1. The summed E-state index contributed by atoms with van der Waals surface area (Å²) >= 11 is 0. The average Bonchev–Trinajstić information content (AvgIpc) is 1.78. The second kappa shape index (κ2) is 4.79. The lowest BCUT2D eigenvalue weighted by molar-refractivity contribution is 0.707. The van der Waals surface area contributed by atoms with Crippen molar-refractivity contribution >= 4 is 7.92 Å². The van der Waals surface area contributed by atoms with Crippen LogP contribution >= 0.6 is 7.92 Å². The molecule has 0 bridgehead atoms. The molecule has 84 valence electrons. The molecule has 0 atom stereocenters. The van der Waals surface area contributed by atoms with E-state index in [1.54, 1.807) is 0 Å². The SMILES string of the molecule is CC(C)=CCP(C(C)(C)C)C(C)(C)C. The Bertz CT molecular complexity index is 182. The van der Waals surface area contributed by atoms with Crippen LogP contribution in [0.25, 0.3) is 0 Å². The first-order valence-electron chi connectivity index (χ1n) is 5.46. The van der Waals surface area contributed by atoms with Crippen molar-refractivity contribution in [2.24, 2.45) is 0 Å². The van der Waals surface area contributed by atoms with E-state index in [0.717, 1.165) is 0 Å². The maximum Gasteiger partial charge on any atom is -0.0133 e. The zero-order chi connectivity index (χ0) is 11.6. The van der Waals surface area contributed by atoms with Crippen LogP contribution in [-0.2, 0) is 0 Å². The van der Waals surface area contributed by atoms with E-state index in [1.165, 1.54) is 11.7 Å². The molecular formula is C13H27P. The molecule has 0 saturated carbocycles. The predicted octanol–water partition coefficient (Wildman–Crippen LogP) is 5.03. The molecule has 0 aliphatic carbocycles. The van der Waals surface area contributed by atoms with Gasteiger partial charge in [-0.25, -0.2) is 0 Å². The minimum Gasteiger partial charge on any atom is -0.0918 e. The summed E-state index contributed by atoms with van der Waals surface area (Å²) in [6.45, 7) is 18.7. The third-order valence-corrected chi connectivity index (χ3v) is 6.09. The van der Waals surface area contributed by atoms with Gasteiger partial charge in [-0.15, -0.1) is 0 Å². The van der Waals surface area contributed by atoms with Crippen LogP contribution in [0.5, 0.6) is 0 Å². The Morgan fingerprint density at radius 2 is 1.29 bits per heavy atom. The molecule has 0 heterocycles. The first-order valence-corrected chi connectivity index (χ1v) is 6.99. The summed E-state index contributed by atoms with van der Waals surface area (Å²) in [6.07, 6.45) is 3.67. The number of rotatable bonds is 2. The highest BCUT2D eigenvalue weighted by Gasteiger charge is 2.32. The van der Waals surface area contributed by atoms with Crippen LogP contribution in [-0.4, -0.2) is 16.5 Å². The molecule has 0 aromatic heterocycles. The average molecular weight is 214 g/mol. The van der Waals surface area contributed by atoms with Crippen molar-refractivity contribution < 1.29 is 0 Å². The van der Waals surface area contributed by atoms with Gasteiger partial charge in [0.15, 0.2) is 0 Å². The molecule has 0 fully saturated rings. The Balaban J connectivity index is 4.69. The third-order valence-electron chi connectivity index (χ3n) is 2.30. The molecule has 0 aliphatic rings. The van der Waals surface area contributed by atoms with E-state index in [1.807, 2.05) is 0 Å². The Kier molecular flexibility index (Phi) is 4.85. The van der Waals surface area contributed by atoms with Crippen LogP contribution in [0.4, 0.5) is 0 Å². The van der Waals surface area contributed by atoms with Crippen molar-refractivity contribution in [3.8, 4) is 0 Å². The van der Waals surface area contributed by atoms with Gasteiger partial charge in [0, 0.05) is 0 Å². The number of hydrogen-bond acceptors (Lipinski definition) is 0. The molecule has 0 N–H and O–H groups in total. The largest absolute Gasteiger partial charge is 0.0918 e. The summed E-state index contributed by atoms with van der Waals surface area (Å²) < 4.78 is 0.